The van der Waals surface area contributed by atoms with Gasteiger partial charge < -0.3 is 4.84 Å². The quantitative estimate of drug-likeness (QED) is 0.792. The van der Waals surface area contributed by atoms with Crippen LogP contribution < -0.4 is 0 Å². The lowest BCUT2D eigenvalue weighted by molar-refractivity contribution is -0.204. The average molecular weight is 301 g/mol. The fourth-order valence-corrected chi connectivity index (χ4v) is 4.09. The molecule has 4 nitrogen and oxygen atoms in total. The van der Waals surface area contributed by atoms with Crippen molar-refractivity contribution in [2.24, 2.45) is 0 Å². The van der Waals surface area contributed by atoms with Gasteiger partial charge >= 0.3 is 5.97 Å². The normalized spacial score (nSPS) is 23.8. The van der Waals surface area contributed by atoms with Gasteiger partial charge in [-0.1, -0.05) is 44.4 Å². The summed E-state index contributed by atoms with van der Waals surface area (Å²) >= 11 is 0. The highest BCUT2D eigenvalue weighted by Crippen LogP contribution is 2.45. The van der Waals surface area contributed by atoms with Gasteiger partial charge in [-0.25, -0.2) is 0 Å². The summed E-state index contributed by atoms with van der Waals surface area (Å²) in [6, 6.07) is 7.70. The topological polar surface area (TPSA) is 46.6 Å². The molecule has 1 fully saturated rings. The lowest BCUT2D eigenvalue weighted by atomic mass is 9.75. The van der Waals surface area contributed by atoms with Crippen LogP contribution in [0.2, 0.25) is 0 Å². The van der Waals surface area contributed by atoms with Crippen LogP contribution in [0.3, 0.4) is 0 Å². The number of carbonyl (C=O) groups is 2. The van der Waals surface area contributed by atoms with Gasteiger partial charge in [0, 0.05) is 12.5 Å². The van der Waals surface area contributed by atoms with E-state index in [2.05, 4.69) is 6.92 Å². The van der Waals surface area contributed by atoms with Gasteiger partial charge in [-0.2, -0.15) is 5.06 Å². The van der Waals surface area contributed by atoms with Crippen LogP contribution >= 0.6 is 0 Å². The Hall–Kier alpha value is -1.84. The van der Waals surface area contributed by atoms with E-state index in [4.69, 9.17) is 4.84 Å². The van der Waals surface area contributed by atoms with Crippen LogP contribution in [0.1, 0.15) is 74.2 Å². The zero-order chi connectivity index (χ0) is 15.7. The van der Waals surface area contributed by atoms with Crippen molar-refractivity contribution in [3.8, 4) is 0 Å². The monoisotopic (exact) mass is 301 g/mol. The van der Waals surface area contributed by atoms with Gasteiger partial charge in [0.15, 0.2) is 0 Å². The Balaban J connectivity index is 2.08. The van der Waals surface area contributed by atoms with E-state index < -0.39 is 5.97 Å². The number of fused-ring (bicyclic) bond motifs is 1. The Morgan fingerprint density at radius 1 is 1.23 bits per heavy atom. The second kappa shape index (κ2) is 5.75. The van der Waals surface area contributed by atoms with Gasteiger partial charge in [0.1, 0.15) is 0 Å². The summed E-state index contributed by atoms with van der Waals surface area (Å²) in [5.74, 6) is -0.318. The summed E-state index contributed by atoms with van der Waals surface area (Å²) in [5, 5.41) is 1.41. The van der Waals surface area contributed by atoms with Crippen LogP contribution in [0.25, 0.3) is 0 Å². The molecule has 1 aromatic rings. The van der Waals surface area contributed by atoms with E-state index >= 15 is 0 Å². The minimum atomic E-state index is -0.426. The summed E-state index contributed by atoms with van der Waals surface area (Å²) < 4.78 is 0. The van der Waals surface area contributed by atoms with E-state index in [9.17, 15) is 9.59 Å². The second-order valence-corrected chi connectivity index (χ2v) is 6.66. The number of carbonyl (C=O) groups excluding carboxylic acids is 2. The molecule has 118 valence electrons. The van der Waals surface area contributed by atoms with Gasteiger partial charge in [-0.3, -0.25) is 9.59 Å². The maximum atomic E-state index is 13.0. The van der Waals surface area contributed by atoms with Gasteiger partial charge in [0.05, 0.1) is 5.54 Å². The van der Waals surface area contributed by atoms with Crippen LogP contribution in [0.4, 0.5) is 0 Å². The van der Waals surface area contributed by atoms with Crippen LogP contribution in [-0.2, 0) is 9.63 Å². The van der Waals surface area contributed by atoms with Crippen molar-refractivity contribution in [2.45, 2.75) is 63.8 Å². The molecule has 4 heteroatoms. The van der Waals surface area contributed by atoms with E-state index in [0.717, 1.165) is 37.7 Å². The summed E-state index contributed by atoms with van der Waals surface area (Å²) in [5.41, 5.74) is 1.38. The molecule has 1 heterocycles. The smallest absolute Gasteiger partial charge is 0.329 e. The molecule has 1 saturated carbocycles. The Morgan fingerprint density at radius 3 is 2.59 bits per heavy atom. The largest absolute Gasteiger partial charge is 0.338 e. The molecule has 0 saturated heterocycles. The predicted octanol–water partition coefficient (Wildman–Crippen LogP) is 3.82. The molecule has 0 bridgehead atoms. The van der Waals surface area contributed by atoms with Crippen LogP contribution in [0.5, 0.6) is 0 Å². The van der Waals surface area contributed by atoms with E-state index in [0.29, 0.717) is 5.56 Å². The predicted molar refractivity (Wildman–Crippen MR) is 83.2 cm³/mol. The molecule has 0 aromatic heterocycles. The Labute approximate surface area is 131 Å². The van der Waals surface area contributed by atoms with E-state index in [-0.39, 0.29) is 17.4 Å². The molecule has 1 aliphatic heterocycles. The third kappa shape index (κ3) is 2.51. The minimum Gasteiger partial charge on any atom is -0.338 e. The number of hydrogen-bond acceptors (Lipinski definition) is 3. The van der Waals surface area contributed by atoms with Crippen LogP contribution in [0, 0.1) is 0 Å². The molecule has 2 aliphatic rings. The summed E-state index contributed by atoms with van der Waals surface area (Å²) in [7, 11) is 0. The van der Waals surface area contributed by atoms with Crippen molar-refractivity contribution < 1.29 is 14.4 Å². The summed E-state index contributed by atoms with van der Waals surface area (Å²) in [6.45, 7) is 3.53. The lowest BCUT2D eigenvalue weighted by Gasteiger charge is -2.44. The van der Waals surface area contributed by atoms with E-state index in [1.807, 2.05) is 24.3 Å². The first kappa shape index (κ1) is 15.1. The molecule has 1 amide bonds. The number of hydrogen-bond donors (Lipinski definition) is 0. The average Bonchev–Trinajstić information content (AvgIpc) is 2.59. The molecule has 0 N–H and O–H groups in total. The van der Waals surface area contributed by atoms with Gasteiger partial charge in [0.2, 0.25) is 0 Å². The maximum absolute atomic E-state index is 13.0. The van der Waals surface area contributed by atoms with E-state index in [1.54, 1.807) is 0 Å². The molecular formula is C18H23NO3. The zero-order valence-electron chi connectivity index (χ0n) is 13.3. The molecule has 0 radical (unpaired) electrons. The molecule has 1 aromatic carbocycles. The molecule has 1 atom stereocenters. The molecule has 22 heavy (non-hydrogen) atoms. The highest BCUT2D eigenvalue weighted by Gasteiger charge is 2.47. The van der Waals surface area contributed by atoms with Gasteiger partial charge in [-0.05, 0) is 36.8 Å². The van der Waals surface area contributed by atoms with Crippen molar-refractivity contribution in [1.82, 2.24) is 5.06 Å². The zero-order valence-corrected chi connectivity index (χ0v) is 13.3. The van der Waals surface area contributed by atoms with Crippen LogP contribution in [-0.4, -0.2) is 22.5 Å². The Bertz CT molecular complexity index is 590. The summed E-state index contributed by atoms with van der Waals surface area (Å²) in [6.07, 6.45) is 6.01. The molecule has 1 unspecified atom stereocenters. The standard InChI is InChI=1S/C18H23NO3/c1-13-12-18(10-6-3-7-11-18)19(22-14(2)20)17(21)16-9-5-4-8-15(13)16/h4-5,8-9,13H,3,6-7,10-12H2,1-2H3. The SMILES string of the molecule is CC(=O)ON1C(=O)c2ccccc2C(C)CC12CCCCC2. The summed E-state index contributed by atoms with van der Waals surface area (Å²) in [4.78, 5) is 30.0. The van der Waals surface area contributed by atoms with E-state index in [1.165, 1.54) is 18.4 Å². The number of rotatable bonds is 1. The first-order valence-corrected chi connectivity index (χ1v) is 8.15. The van der Waals surface area contributed by atoms with Crippen molar-refractivity contribution in [3.05, 3.63) is 35.4 Å². The third-order valence-electron chi connectivity index (χ3n) is 5.03. The number of hydroxylamine groups is 2. The van der Waals surface area contributed by atoms with Crippen molar-refractivity contribution >= 4 is 11.9 Å². The first-order chi connectivity index (χ1) is 10.5. The molecule has 1 aliphatic carbocycles. The molecule has 3 rings (SSSR count). The molecule has 1 spiro atoms. The van der Waals surface area contributed by atoms with Crippen molar-refractivity contribution in [1.29, 1.82) is 0 Å². The second-order valence-electron chi connectivity index (χ2n) is 6.66. The highest BCUT2D eigenvalue weighted by atomic mass is 16.7. The van der Waals surface area contributed by atoms with Gasteiger partial charge in [0.25, 0.3) is 5.91 Å². The highest BCUT2D eigenvalue weighted by molar-refractivity contribution is 5.96. The van der Waals surface area contributed by atoms with Gasteiger partial charge in [-0.15, -0.1) is 0 Å². The lowest BCUT2D eigenvalue weighted by Crippen LogP contribution is -2.53. The van der Waals surface area contributed by atoms with Crippen LogP contribution in [0.15, 0.2) is 24.3 Å². The third-order valence-corrected chi connectivity index (χ3v) is 5.03. The fourth-order valence-electron chi connectivity index (χ4n) is 4.09. The Morgan fingerprint density at radius 2 is 1.91 bits per heavy atom. The number of benzene rings is 1. The maximum Gasteiger partial charge on any atom is 0.329 e. The minimum absolute atomic E-state index is 0.169. The number of nitrogens with zero attached hydrogens (tertiary/aromatic N) is 1. The Kier molecular flexibility index (Phi) is 3.94. The fraction of sp³-hybridized carbons (Fsp3) is 0.556. The first-order valence-electron chi connectivity index (χ1n) is 8.15. The number of amides is 1. The van der Waals surface area contributed by atoms with Crippen molar-refractivity contribution in [2.75, 3.05) is 0 Å². The van der Waals surface area contributed by atoms with Crippen molar-refractivity contribution in [3.63, 3.8) is 0 Å². The molecular weight excluding hydrogens is 278 g/mol.